The van der Waals surface area contributed by atoms with Gasteiger partial charge in [0.05, 0.1) is 36.2 Å². The maximum Gasteiger partial charge on any atom is 0.394 e. The van der Waals surface area contributed by atoms with Crippen LogP contribution < -0.4 is 15.4 Å². The maximum atomic E-state index is 13.7. The van der Waals surface area contributed by atoms with Gasteiger partial charge in [0, 0.05) is 11.3 Å². The van der Waals surface area contributed by atoms with E-state index in [1.54, 1.807) is 36.4 Å². The summed E-state index contributed by atoms with van der Waals surface area (Å²) in [4.78, 5) is 27.8. The number of hydrogen-bond acceptors (Lipinski definition) is 5. The number of benzene rings is 2. The summed E-state index contributed by atoms with van der Waals surface area (Å²) in [7, 11) is 1.43. The van der Waals surface area contributed by atoms with Crippen molar-refractivity contribution in [1.29, 1.82) is 5.26 Å². The van der Waals surface area contributed by atoms with Gasteiger partial charge in [-0.25, -0.2) is 0 Å². The number of hydrogen-bond donors (Lipinski definition) is 1. The summed E-state index contributed by atoms with van der Waals surface area (Å²) in [5.41, 5.74) is 5.84. The number of rotatable bonds is 6. The van der Waals surface area contributed by atoms with Crippen LogP contribution in [0.1, 0.15) is 51.7 Å². The van der Waals surface area contributed by atoms with Gasteiger partial charge in [-0.05, 0) is 62.1 Å². The monoisotopic (exact) mass is 523 g/mol. The van der Waals surface area contributed by atoms with Gasteiger partial charge in [-0.2, -0.15) is 23.5 Å². The van der Waals surface area contributed by atoms with Crippen molar-refractivity contribution in [2.75, 3.05) is 12.0 Å². The Morgan fingerprint density at radius 3 is 2.47 bits per heavy atom. The van der Waals surface area contributed by atoms with Crippen LogP contribution >= 0.6 is 0 Å². The summed E-state index contributed by atoms with van der Waals surface area (Å²) in [5, 5.41) is 14.0. The quantitative estimate of drug-likeness (QED) is 0.512. The number of fused-ring (bicyclic) bond motifs is 1. The minimum Gasteiger partial charge on any atom is -0.495 e. The van der Waals surface area contributed by atoms with Crippen molar-refractivity contribution in [1.82, 2.24) is 9.78 Å². The fourth-order valence-electron chi connectivity index (χ4n) is 5.08. The highest BCUT2D eigenvalue weighted by molar-refractivity contribution is 6.15. The first-order valence-electron chi connectivity index (χ1n) is 12.0. The second-order valence-electron chi connectivity index (χ2n) is 9.79. The number of amides is 2. The molecule has 2 aliphatic rings. The molecule has 8 nitrogen and oxygen atoms in total. The van der Waals surface area contributed by atoms with Crippen LogP contribution in [-0.2, 0) is 13.0 Å². The van der Waals surface area contributed by atoms with Crippen LogP contribution in [0.25, 0.3) is 11.3 Å². The Bertz CT molecular complexity index is 1480. The predicted octanol–water partition coefficient (Wildman–Crippen LogP) is 4.46. The molecule has 0 bridgehead atoms. The largest absolute Gasteiger partial charge is 0.495 e. The van der Waals surface area contributed by atoms with Gasteiger partial charge in [-0.15, -0.1) is 0 Å². The molecule has 0 radical (unpaired) electrons. The fourth-order valence-corrected chi connectivity index (χ4v) is 5.08. The molecule has 1 aliphatic heterocycles. The Morgan fingerprint density at radius 1 is 1.24 bits per heavy atom. The van der Waals surface area contributed by atoms with Crippen LogP contribution in [0.15, 0.2) is 42.5 Å². The number of nitriles is 1. The average molecular weight is 524 g/mol. The Morgan fingerprint density at radius 2 is 1.92 bits per heavy atom. The van der Waals surface area contributed by atoms with Gasteiger partial charge in [0.1, 0.15) is 23.2 Å². The van der Waals surface area contributed by atoms with Gasteiger partial charge in [0.25, 0.3) is 11.8 Å². The van der Waals surface area contributed by atoms with E-state index in [0.29, 0.717) is 22.6 Å². The lowest BCUT2D eigenvalue weighted by Crippen LogP contribution is -2.47. The summed E-state index contributed by atoms with van der Waals surface area (Å²) < 4.78 is 46.8. The number of primary amides is 1. The Kier molecular flexibility index (Phi) is 5.93. The van der Waals surface area contributed by atoms with E-state index in [-0.39, 0.29) is 54.4 Å². The highest BCUT2D eigenvalue weighted by Crippen LogP contribution is 2.59. The minimum absolute atomic E-state index is 0.0120. The van der Waals surface area contributed by atoms with Gasteiger partial charge < -0.3 is 15.4 Å². The number of carbonyl (C=O) groups excluding carboxylic acids is 2. The number of methoxy groups -OCH3 is 1. The summed E-state index contributed by atoms with van der Waals surface area (Å²) in [6.45, 7) is 2.06. The van der Waals surface area contributed by atoms with E-state index in [2.05, 4.69) is 5.10 Å². The standard InChI is InChI=1S/C27H24F3N5O3/c1-15-14-34-23(21(24(32)36)22(33-34)17-5-8-20(38-2)18(11-17)13-31)25(37)35(15)19-6-3-16(4-7-19)12-26(9-10-26)27(28,29)30/h3-8,11,15H,9-10,12,14H2,1-2H3,(H2,32,36)/t15-/m0/s1. The molecule has 11 heteroatoms. The number of nitrogens with two attached hydrogens (primary N) is 1. The number of anilines is 1. The highest BCUT2D eigenvalue weighted by Gasteiger charge is 2.62. The topological polar surface area (TPSA) is 114 Å². The molecule has 1 saturated carbocycles. The molecule has 1 aliphatic carbocycles. The molecule has 0 spiro atoms. The van der Waals surface area contributed by atoms with E-state index in [1.807, 2.05) is 13.0 Å². The molecule has 2 N–H and O–H groups in total. The molecule has 1 aromatic heterocycles. The molecule has 0 saturated heterocycles. The third-order valence-corrected chi connectivity index (χ3v) is 7.30. The SMILES string of the molecule is COc1ccc(-c2nn3c(c2C(N)=O)C(=O)N(c2ccc(CC4(C(F)(F)F)CC4)cc2)[C@@H](C)C3)cc1C#N. The van der Waals surface area contributed by atoms with Gasteiger partial charge >= 0.3 is 6.18 Å². The van der Waals surface area contributed by atoms with Crippen molar-refractivity contribution in [2.45, 2.75) is 44.9 Å². The second-order valence-corrected chi connectivity index (χ2v) is 9.79. The third-order valence-electron chi connectivity index (χ3n) is 7.30. The van der Waals surface area contributed by atoms with E-state index in [1.165, 1.54) is 22.8 Å². The number of ether oxygens (including phenoxy) is 1. The predicted molar refractivity (Wildman–Crippen MR) is 132 cm³/mol. The molecule has 2 amide bonds. The molecule has 0 unspecified atom stereocenters. The highest BCUT2D eigenvalue weighted by atomic mass is 19.4. The average Bonchev–Trinajstić information content (AvgIpc) is 3.56. The lowest BCUT2D eigenvalue weighted by molar-refractivity contribution is -0.186. The Hall–Kier alpha value is -4.33. The molecule has 38 heavy (non-hydrogen) atoms. The van der Waals surface area contributed by atoms with Gasteiger partial charge in [-0.3, -0.25) is 14.3 Å². The summed E-state index contributed by atoms with van der Waals surface area (Å²) in [5.74, 6) is -1.01. The van der Waals surface area contributed by atoms with E-state index >= 15 is 0 Å². The molecule has 3 aromatic rings. The van der Waals surface area contributed by atoms with Crippen molar-refractivity contribution in [3.63, 3.8) is 0 Å². The lowest BCUT2D eigenvalue weighted by atomic mass is 9.95. The number of halogens is 3. The smallest absolute Gasteiger partial charge is 0.394 e. The van der Waals surface area contributed by atoms with E-state index in [9.17, 15) is 28.0 Å². The van der Waals surface area contributed by atoms with E-state index < -0.39 is 23.4 Å². The molecule has 2 heterocycles. The molecule has 2 aromatic carbocycles. The fraction of sp³-hybridized carbons (Fsp3) is 0.333. The second kappa shape index (κ2) is 8.90. The minimum atomic E-state index is -4.25. The molecule has 5 rings (SSSR count). The van der Waals surface area contributed by atoms with Gasteiger partial charge in [-0.1, -0.05) is 12.1 Å². The normalized spacial score (nSPS) is 18.1. The number of nitrogens with zero attached hydrogens (tertiary/aromatic N) is 4. The van der Waals surface area contributed by atoms with Crippen LogP contribution in [-0.4, -0.2) is 40.9 Å². The van der Waals surface area contributed by atoms with Crippen molar-refractivity contribution in [3.8, 4) is 23.1 Å². The van der Waals surface area contributed by atoms with Crippen LogP contribution in [0.3, 0.4) is 0 Å². The summed E-state index contributed by atoms with van der Waals surface area (Å²) in [6.07, 6.45) is -4.12. The number of alkyl halides is 3. The first-order chi connectivity index (χ1) is 18.0. The van der Waals surface area contributed by atoms with Crippen molar-refractivity contribution in [2.24, 2.45) is 11.1 Å². The van der Waals surface area contributed by atoms with Gasteiger partial charge in [0.2, 0.25) is 0 Å². The van der Waals surface area contributed by atoms with Crippen LogP contribution in [0, 0.1) is 16.7 Å². The lowest BCUT2D eigenvalue weighted by Gasteiger charge is -2.34. The molecule has 1 fully saturated rings. The van der Waals surface area contributed by atoms with Crippen molar-refractivity contribution in [3.05, 3.63) is 64.8 Å². The van der Waals surface area contributed by atoms with E-state index in [0.717, 1.165) is 0 Å². The number of aromatic nitrogens is 2. The zero-order valence-corrected chi connectivity index (χ0v) is 20.7. The molecular formula is C27H24F3N5O3. The van der Waals surface area contributed by atoms with Crippen LogP contribution in [0.5, 0.6) is 5.75 Å². The number of carbonyl (C=O) groups is 2. The molecule has 1 atom stereocenters. The molecular weight excluding hydrogens is 499 g/mol. The van der Waals surface area contributed by atoms with E-state index in [4.69, 9.17) is 10.5 Å². The first-order valence-corrected chi connectivity index (χ1v) is 12.0. The molecule has 196 valence electrons. The van der Waals surface area contributed by atoms with Crippen molar-refractivity contribution >= 4 is 17.5 Å². The van der Waals surface area contributed by atoms with Crippen molar-refractivity contribution < 1.29 is 27.5 Å². The van der Waals surface area contributed by atoms with Crippen LogP contribution in [0.4, 0.5) is 18.9 Å². The first kappa shape index (κ1) is 25.3. The summed E-state index contributed by atoms with van der Waals surface area (Å²) in [6, 6.07) is 12.8. The maximum absolute atomic E-state index is 13.7. The third kappa shape index (κ3) is 4.06. The van der Waals surface area contributed by atoms with Crippen LogP contribution in [0.2, 0.25) is 0 Å². The van der Waals surface area contributed by atoms with Gasteiger partial charge in [0.15, 0.2) is 0 Å². The zero-order chi connectivity index (χ0) is 27.4. The Balaban J connectivity index is 1.50. The summed E-state index contributed by atoms with van der Waals surface area (Å²) >= 11 is 0. The zero-order valence-electron chi connectivity index (χ0n) is 20.7. The Labute approximate surface area is 216 Å².